The number of H-pyrrole nitrogens is 1. The Balaban J connectivity index is 1.89. The number of nitrogens with one attached hydrogen (secondary N) is 2. The molecule has 132 valence electrons. The summed E-state index contributed by atoms with van der Waals surface area (Å²) in [5, 5.41) is 13.8. The number of aromatic amines is 1. The smallest absolute Gasteiger partial charge is 0.294 e. The van der Waals surface area contributed by atoms with Gasteiger partial charge in [0, 0.05) is 17.6 Å². The van der Waals surface area contributed by atoms with Crippen LogP contribution in [0.1, 0.15) is 15.9 Å². The molecule has 3 aromatic rings. The SMILES string of the molecule is Cc1ccc(C(=O)Nc2c(N=Nc3cccc(Cl)c3)c(=O)[nH]n2C)cc1. The van der Waals surface area contributed by atoms with Crippen molar-refractivity contribution in [1.82, 2.24) is 9.78 Å². The summed E-state index contributed by atoms with van der Waals surface area (Å²) in [4.78, 5) is 24.5. The lowest BCUT2D eigenvalue weighted by Gasteiger charge is -2.06. The van der Waals surface area contributed by atoms with Gasteiger partial charge in [-0.2, -0.15) is 5.11 Å². The van der Waals surface area contributed by atoms with E-state index < -0.39 is 5.56 Å². The maximum Gasteiger partial charge on any atom is 0.294 e. The maximum atomic E-state index is 12.4. The van der Waals surface area contributed by atoms with Gasteiger partial charge in [0.15, 0.2) is 11.5 Å². The van der Waals surface area contributed by atoms with Gasteiger partial charge in [-0.3, -0.25) is 19.4 Å². The first-order valence-corrected chi connectivity index (χ1v) is 8.16. The number of benzene rings is 2. The molecule has 0 atom stereocenters. The van der Waals surface area contributed by atoms with E-state index in [1.165, 1.54) is 4.68 Å². The molecule has 26 heavy (non-hydrogen) atoms. The predicted molar refractivity (Wildman–Crippen MR) is 101 cm³/mol. The number of halogens is 1. The van der Waals surface area contributed by atoms with E-state index in [-0.39, 0.29) is 17.4 Å². The number of hydrogen-bond donors (Lipinski definition) is 2. The van der Waals surface area contributed by atoms with Crippen molar-refractivity contribution in [3.8, 4) is 0 Å². The largest absolute Gasteiger partial charge is 0.305 e. The number of aromatic nitrogens is 2. The molecule has 7 nitrogen and oxygen atoms in total. The first-order valence-electron chi connectivity index (χ1n) is 7.78. The molecular formula is C18H16ClN5O2. The van der Waals surface area contributed by atoms with Crippen LogP contribution in [0.15, 0.2) is 63.6 Å². The standard InChI is InChI=1S/C18H16ClN5O2/c1-11-6-8-12(9-7-11)17(25)20-16-15(18(26)23-24(16)2)22-21-14-5-3-4-13(19)10-14/h3-10H,1-2H3,(H,20,25)(H,23,26). The van der Waals surface area contributed by atoms with Crippen LogP contribution in [0.4, 0.5) is 17.2 Å². The van der Waals surface area contributed by atoms with Crippen LogP contribution in [0.2, 0.25) is 5.02 Å². The Morgan fingerprint density at radius 1 is 1.15 bits per heavy atom. The van der Waals surface area contributed by atoms with E-state index in [2.05, 4.69) is 20.6 Å². The summed E-state index contributed by atoms with van der Waals surface area (Å²) in [5.41, 5.74) is 1.57. The Morgan fingerprint density at radius 2 is 1.88 bits per heavy atom. The van der Waals surface area contributed by atoms with E-state index in [1.54, 1.807) is 43.4 Å². The second-order valence-electron chi connectivity index (χ2n) is 5.70. The van der Waals surface area contributed by atoms with Gasteiger partial charge >= 0.3 is 0 Å². The third kappa shape index (κ3) is 3.89. The Hall–Kier alpha value is -3.19. The number of anilines is 1. The molecule has 0 spiro atoms. The fourth-order valence-electron chi connectivity index (χ4n) is 2.29. The molecule has 1 heterocycles. The van der Waals surface area contributed by atoms with Gasteiger partial charge in [0.2, 0.25) is 0 Å². The molecule has 0 aliphatic rings. The molecule has 0 bridgehead atoms. The van der Waals surface area contributed by atoms with Crippen molar-refractivity contribution in [2.75, 3.05) is 5.32 Å². The molecule has 2 aromatic carbocycles. The molecule has 8 heteroatoms. The topological polar surface area (TPSA) is 91.6 Å². The fourth-order valence-corrected chi connectivity index (χ4v) is 2.48. The Labute approximate surface area is 154 Å². The summed E-state index contributed by atoms with van der Waals surface area (Å²) in [6, 6.07) is 13.9. The molecule has 0 fully saturated rings. The molecule has 0 unspecified atom stereocenters. The lowest BCUT2D eigenvalue weighted by molar-refractivity contribution is 0.102. The van der Waals surface area contributed by atoms with Crippen molar-refractivity contribution in [3.05, 3.63) is 75.0 Å². The monoisotopic (exact) mass is 369 g/mol. The van der Waals surface area contributed by atoms with Crippen LogP contribution in [0.3, 0.4) is 0 Å². The van der Waals surface area contributed by atoms with Crippen LogP contribution < -0.4 is 10.9 Å². The molecule has 1 amide bonds. The average molecular weight is 370 g/mol. The zero-order valence-corrected chi connectivity index (χ0v) is 14.9. The van der Waals surface area contributed by atoms with Crippen molar-refractivity contribution in [2.24, 2.45) is 17.3 Å². The summed E-state index contributed by atoms with van der Waals surface area (Å²) in [6.07, 6.45) is 0. The van der Waals surface area contributed by atoms with E-state index >= 15 is 0 Å². The maximum absolute atomic E-state index is 12.4. The lowest BCUT2D eigenvalue weighted by atomic mass is 10.1. The third-order valence-electron chi connectivity index (χ3n) is 3.66. The molecule has 1 aromatic heterocycles. The quantitative estimate of drug-likeness (QED) is 0.669. The van der Waals surface area contributed by atoms with Gasteiger partial charge in [0.05, 0.1) is 5.69 Å². The highest BCUT2D eigenvalue weighted by Crippen LogP contribution is 2.24. The minimum Gasteiger partial charge on any atom is -0.305 e. The summed E-state index contributed by atoms with van der Waals surface area (Å²) in [6.45, 7) is 1.94. The normalized spacial score (nSPS) is 11.0. The second kappa shape index (κ2) is 7.37. The molecule has 0 aliphatic heterocycles. The van der Waals surface area contributed by atoms with Crippen molar-refractivity contribution in [1.29, 1.82) is 0 Å². The average Bonchev–Trinajstić information content (AvgIpc) is 2.87. The van der Waals surface area contributed by atoms with Gasteiger partial charge < -0.3 is 5.32 Å². The van der Waals surface area contributed by atoms with E-state index in [0.29, 0.717) is 16.3 Å². The Morgan fingerprint density at radius 3 is 2.58 bits per heavy atom. The number of amides is 1. The van der Waals surface area contributed by atoms with E-state index in [0.717, 1.165) is 5.56 Å². The van der Waals surface area contributed by atoms with Crippen LogP contribution >= 0.6 is 11.6 Å². The minimum absolute atomic E-state index is 0.00735. The van der Waals surface area contributed by atoms with Crippen LogP contribution in [-0.4, -0.2) is 15.7 Å². The highest BCUT2D eigenvalue weighted by atomic mass is 35.5. The van der Waals surface area contributed by atoms with Gasteiger partial charge in [-0.1, -0.05) is 35.4 Å². The van der Waals surface area contributed by atoms with Crippen molar-refractivity contribution < 1.29 is 4.79 Å². The zero-order valence-electron chi connectivity index (χ0n) is 14.2. The molecular weight excluding hydrogens is 354 g/mol. The highest BCUT2D eigenvalue weighted by molar-refractivity contribution is 6.30. The summed E-state index contributed by atoms with van der Waals surface area (Å²) in [7, 11) is 1.60. The number of hydrogen-bond acceptors (Lipinski definition) is 4. The number of azo groups is 1. The summed E-state index contributed by atoms with van der Waals surface area (Å²) < 4.78 is 1.39. The number of carbonyl (C=O) groups excluding carboxylic acids is 1. The number of rotatable bonds is 4. The summed E-state index contributed by atoms with van der Waals surface area (Å²) in [5.74, 6) is -0.120. The number of aryl methyl sites for hydroxylation is 2. The van der Waals surface area contributed by atoms with Gasteiger partial charge in [0.1, 0.15) is 0 Å². The minimum atomic E-state index is -0.461. The van der Waals surface area contributed by atoms with Crippen molar-refractivity contribution in [3.63, 3.8) is 0 Å². The predicted octanol–water partition coefficient (Wildman–Crippen LogP) is 4.34. The van der Waals surface area contributed by atoms with Crippen LogP contribution in [0, 0.1) is 6.92 Å². The van der Waals surface area contributed by atoms with E-state index in [9.17, 15) is 9.59 Å². The summed E-state index contributed by atoms with van der Waals surface area (Å²) >= 11 is 5.91. The Kier molecular flexibility index (Phi) is 4.99. The molecule has 0 radical (unpaired) electrons. The zero-order chi connectivity index (χ0) is 18.7. The second-order valence-corrected chi connectivity index (χ2v) is 6.13. The molecule has 3 rings (SSSR count). The Bertz CT molecular complexity index is 1030. The third-order valence-corrected chi connectivity index (χ3v) is 3.90. The first-order chi connectivity index (χ1) is 12.4. The van der Waals surface area contributed by atoms with Crippen LogP contribution in [-0.2, 0) is 7.05 Å². The van der Waals surface area contributed by atoms with Crippen LogP contribution in [0.5, 0.6) is 0 Å². The first kappa shape index (κ1) is 17.6. The lowest BCUT2D eigenvalue weighted by Crippen LogP contribution is -2.14. The molecule has 0 saturated carbocycles. The van der Waals surface area contributed by atoms with E-state index in [4.69, 9.17) is 11.6 Å². The highest BCUT2D eigenvalue weighted by Gasteiger charge is 2.16. The van der Waals surface area contributed by atoms with Gasteiger partial charge in [0.25, 0.3) is 11.5 Å². The van der Waals surface area contributed by atoms with Gasteiger partial charge in [-0.05, 0) is 37.3 Å². The molecule has 0 saturated heterocycles. The van der Waals surface area contributed by atoms with Crippen LogP contribution in [0.25, 0.3) is 0 Å². The number of nitrogens with zero attached hydrogens (tertiary/aromatic N) is 3. The fraction of sp³-hybridized carbons (Fsp3) is 0.111. The number of carbonyl (C=O) groups is 1. The van der Waals surface area contributed by atoms with Gasteiger partial charge in [-0.15, -0.1) is 5.11 Å². The molecule has 2 N–H and O–H groups in total. The van der Waals surface area contributed by atoms with Gasteiger partial charge in [-0.25, -0.2) is 0 Å². The van der Waals surface area contributed by atoms with Crippen molar-refractivity contribution in [2.45, 2.75) is 6.92 Å². The van der Waals surface area contributed by atoms with Crippen molar-refractivity contribution >= 4 is 34.7 Å². The molecule has 0 aliphatic carbocycles. The van der Waals surface area contributed by atoms with E-state index in [1.807, 2.05) is 19.1 Å².